The molecule has 0 N–H and O–H groups in total. The fraction of sp³-hybridized carbons (Fsp3) is 0.423. The van der Waals surface area contributed by atoms with E-state index < -0.39 is 20.4 Å². The summed E-state index contributed by atoms with van der Waals surface area (Å²) in [6.07, 6.45) is 3.72. The highest BCUT2D eigenvalue weighted by atomic mass is 32.2. The molecule has 2 aliphatic rings. The summed E-state index contributed by atoms with van der Waals surface area (Å²) in [4.78, 5) is 23.0. The molecule has 1 saturated carbocycles. The van der Waals surface area contributed by atoms with E-state index in [-0.39, 0.29) is 34.9 Å². The number of ketones is 1. The van der Waals surface area contributed by atoms with Gasteiger partial charge in [-0.3, -0.25) is 14.9 Å². The molecule has 180 valence electrons. The van der Waals surface area contributed by atoms with E-state index in [4.69, 9.17) is 0 Å². The fourth-order valence-corrected chi connectivity index (χ4v) is 6.42. The minimum absolute atomic E-state index is 0.0161. The third-order valence-electron chi connectivity index (χ3n) is 7.02. The Balaban J connectivity index is 1.65. The van der Waals surface area contributed by atoms with Gasteiger partial charge in [-0.05, 0) is 41.5 Å². The van der Waals surface area contributed by atoms with Crippen molar-refractivity contribution in [3.05, 3.63) is 81.4 Å². The van der Waals surface area contributed by atoms with E-state index >= 15 is 0 Å². The molecule has 0 radical (unpaired) electrons. The summed E-state index contributed by atoms with van der Waals surface area (Å²) in [5, 5.41) is 11.0. The Labute approximate surface area is 200 Å². The van der Waals surface area contributed by atoms with Crippen molar-refractivity contribution in [2.45, 2.75) is 56.8 Å². The summed E-state index contributed by atoms with van der Waals surface area (Å²) in [5.74, 6) is 0.166. The van der Waals surface area contributed by atoms with Gasteiger partial charge in [0.25, 0.3) is 5.69 Å². The van der Waals surface area contributed by atoms with Gasteiger partial charge in [-0.1, -0.05) is 56.7 Å². The predicted molar refractivity (Wildman–Crippen MR) is 130 cm³/mol. The smallest absolute Gasteiger partial charge is 0.269 e. The van der Waals surface area contributed by atoms with Crippen LogP contribution in [0.2, 0.25) is 0 Å². The number of rotatable bonds is 5. The standard InChI is InChI=1S/C26H30N2O5S/c1-25(2,3)20-6-10-24(11-7-20)34(32,33)27-15-13-21-16-23(29)12-14-26(21,18-27)17-19-4-8-22(9-5-19)28(30)31/h4-11,13H,12,14-18H2,1-3H3. The van der Waals surface area contributed by atoms with E-state index in [0.29, 0.717) is 25.7 Å². The number of carbonyl (C=O) groups excluding carboxylic acids is 1. The van der Waals surface area contributed by atoms with Crippen LogP contribution in [-0.4, -0.2) is 36.5 Å². The van der Waals surface area contributed by atoms with Crippen LogP contribution in [0.1, 0.15) is 51.2 Å². The largest absolute Gasteiger partial charge is 0.299 e. The van der Waals surface area contributed by atoms with Gasteiger partial charge in [0.15, 0.2) is 0 Å². The summed E-state index contributed by atoms with van der Waals surface area (Å²) < 4.78 is 28.6. The normalized spacial score (nSPS) is 21.6. The van der Waals surface area contributed by atoms with Crippen molar-refractivity contribution in [3.8, 4) is 0 Å². The zero-order chi connectivity index (χ0) is 24.7. The van der Waals surface area contributed by atoms with Crippen LogP contribution in [0.15, 0.2) is 65.1 Å². The van der Waals surface area contributed by atoms with Crippen LogP contribution >= 0.6 is 0 Å². The number of hydrogen-bond acceptors (Lipinski definition) is 5. The molecule has 1 fully saturated rings. The van der Waals surface area contributed by atoms with Crippen LogP contribution < -0.4 is 0 Å². The highest BCUT2D eigenvalue weighted by Gasteiger charge is 2.45. The summed E-state index contributed by atoms with van der Waals surface area (Å²) in [6.45, 7) is 6.76. The van der Waals surface area contributed by atoms with Gasteiger partial charge in [-0.2, -0.15) is 4.31 Å². The molecule has 0 bridgehead atoms. The summed E-state index contributed by atoms with van der Waals surface area (Å²) in [6, 6.07) is 13.5. The first-order valence-electron chi connectivity index (χ1n) is 11.5. The van der Waals surface area contributed by atoms with Gasteiger partial charge in [0, 0.05) is 43.5 Å². The monoisotopic (exact) mass is 482 g/mol. The van der Waals surface area contributed by atoms with Crippen molar-refractivity contribution in [2.75, 3.05) is 13.1 Å². The minimum Gasteiger partial charge on any atom is -0.299 e. The summed E-state index contributed by atoms with van der Waals surface area (Å²) in [5.41, 5.74) is 2.38. The van der Waals surface area contributed by atoms with Crippen molar-refractivity contribution in [3.63, 3.8) is 0 Å². The lowest BCUT2D eigenvalue weighted by atomic mass is 9.65. The van der Waals surface area contributed by atoms with Crippen molar-refractivity contribution < 1.29 is 18.1 Å². The van der Waals surface area contributed by atoms with E-state index in [0.717, 1.165) is 16.7 Å². The lowest BCUT2D eigenvalue weighted by molar-refractivity contribution is -0.384. The predicted octanol–water partition coefficient (Wildman–Crippen LogP) is 4.81. The van der Waals surface area contributed by atoms with E-state index in [9.17, 15) is 23.3 Å². The minimum atomic E-state index is -3.72. The molecule has 7 nitrogen and oxygen atoms in total. The Bertz CT molecular complexity index is 1240. The van der Waals surface area contributed by atoms with Crippen LogP contribution in [0.4, 0.5) is 5.69 Å². The second-order valence-corrected chi connectivity index (χ2v) is 12.3. The third kappa shape index (κ3) is 4.70. The molecule has 2 aromatic carbocycles. The average molecular weight is 483 g/mol. The first-order chi connectivity index (χ1) is 15.9. The molecule has 1 aliphatic carbocycles. The number of nitrogens with zero attached hydrogens (tertiary/aromatic N) is 2. The van der Waals surface area contributed by atoms with Crippen molar-refractivity contribution in [2.24, 2.45) is 5.41 Å². The number of non-ortho nitro benzene ring substituents is 1. The quantitative estimate of drug-likeness (QED) is 0.346. The zero-order valence-electron chi connectivity index (χ0n) is 19.8. The molecule has 1 atom stereocenters. The number of nitro groups is 1. The third-order valence-corrected chi connectivity index (χ3v) is 8.85. The highest BCUT2D eigenvalue weighted by Crippen LogP contribution is 2.46. The molecule has 1 heterocycles. The maximum Gasteiger partial charge on any atom is 0.269 e. The topological polar surface area (TPSA) is 97.6 Å². The van der Waals surface area contributed by atoms with E-state index in [1.54, 1.807) is 24.3 Å². The number of sulfonamides is 1. The molecule has 1 aliphatic heterocycles. The van der Waals surface area contributed by atoms with Gasteiger partial charge >= 0.3 is 0 Å². The molecule has 0 spiro atoms. The van der Waals surface area contributed by atoms with Gasteiger partial charge in [0.05, 0.1) is 9.82 Å². The van der Waals surface area contributed by atoms with E-state index in [2.05, 4.69) is 20.8 Å². The SMILES string of the molecule is CC(C)(C)c1ccc(S(=O)(=O)N2CC=C3CC(=O)CCC3(Cc3ccc([N+](=O)[O-])cc3)C2)cc1. The van der Waals surface area contributed by atoms with Crippen LogP contribution in [0.3, 0.4) is 0 Å². The Hall–Kier alpha value is -2.84. The Morgan fingerprint density at radius 2 is 1.71 bits per heavy atom. The molecule has 34 heavy (non-hydrogen) atoms. The molecular weight excluding hydrogens is 452 g/mol. The van der Waals surface area contributed by atoms with Gasteiger partial charge in [-0.15, -0.1) is 0 Å². The summed E-state index contributed by atoms with van der Waals surface area (Å²) in [7, 11) is -3.72. The first kappa shape index (κ1) is 24.3. The molecule has 4 rings (SSSR count). The molecule has 1 unspecified atom stereocenters. The molecular formula is C26H30N2O5S. The molecule has 0 amide bonds. The number of nitro benzene ring substituents is 1. The summed E-state index contributed by atoms with van der Waals surface area (Å²) >= 11 is 0. The van der Waals surface area contributed by atoms with Crippen molar-refractivity contribution >= 4 is 21.5 Å². The van der Waals surface area contributed by atoms with Gasteiger partial charge in [-0.25, -0.2) is 8.42 Å². The lowest BCUT2D eigenvalue weighted by Crippen LogP contribution is -2.49. The number of Topliss-reactive ketones (excluding diaryl/α,β-unsaturated/α-hetero) is 1. The zero-order valence-corrected chi connectivity index (χ0v) is 20.6. The second kappa shape index (κ2) is 8.74. The van der Waals surface area contributed by atoms with Gasteiger partial charge < -0.3 is 0 Å². The van der Waals surface area contributed by atoms with Crippen LogP contribution in [-0.2, 0) is 26.7 Å². The lowest BCUT2D eigenvalue weighted by Gasteiger charge is -2.45. The maximum absolute atomic E-state index is 13.6. The number of carbonyl (C=O) groups is 1. The average Bonchev–Trinajstić information content (AvgIpc) is 2.79. The van der Waals surface area contributed by atoms with Gasteiger partial charge in [0.1, 0.15) is 5.78 Å². The van der Waals surface area contributed by atoms with Gasteiger partial charge in [0.2, 0.25) is 10.0 Å². The molecule has 2 aromatic rings. The van der Waals surface area contributed by atoms with Crippen LogP contribution in [0.5, 0.6) is 0 Å². The first-order valence-corrected chi connectivity index (χ1v) is 12.9. The van der Waals surface area contributed by atoms with Crippen molar-refractivity contribution in [1.29, 1.82) is 0 Å². The second-order valence-electron chi connectivity index (χ2n) is 10.4. The Morgan fingerprint density at radius 1 is 1.06 bits per heavy atom. The Kier molecular flexibility index (Phi) is 6.25. The van der Waals surface area contributed by atoms with E-state index in [1.165, 1.54) is 16.4 Å². The maximum atomic E-state index is 13.6. The van der Waals surface area contributed by atoms with Crippen LogP contribution in [0, 0.1) is 15.5 Å². The highest BCUT2D eigenvalue weighted by molar-refractivity contribution is 7.89. The fourth-order valence-electron chi connectivity index (χ4n) is 4.95. The molecule has 0 aromatic heterocycles. The van der Waals surface area contributed by atoms with E-state index in [1.807, 2.05) is 18.2 Å². The molecule has 0 saturated heterocycles. The number of hydrogen-bond donors (Lipinski definition) is 0. The van der Waals surface area contributed by atoms with Crippen molar-refractivity contribution in [1.82, 2.24) is 4.31 Å². The molecule has 8 heteroatoms. The number of benzene rings is 2. The van der Waals surface area contributed by atoms with Crippen LogP contribution in [0.25, 0.3) is 0 Å². The number of fused-ring (bicyclic) bond motifs is 1. The Morgan fingerprint density at radius 3 is 2.29 bits per heavy atom.